The van der Waals surface area contributed by atoms with Crippen LogP contribution >= 0.6 is 0 Å². The first-order valence-corrected chi connectivity index (χ1v) is 5.64. The number of rotatable bonds is 3. The van der Waals surface area contributed by atoms with Gasteiger partial charge in [0.25, 0.3) is 0 Å². The maximum Gasteiger partial charge on any atom is 0.328 e. The molecule has 5 heteroatoms. The average molecular weight is 244 g/mol. The predicted octanol–water partition coefficient (Wildman–Crippen LogP) is 0.532. The summed E-state index contributed by atoms with van der Waals surface area (Å²) in [5, 5.41) is 11.4. The molecule has 0 aliphatic carbocycles. The molecule has 1 atom stereocenters. The number of esters is 1. The lowest BCUT2D eigenvalue weighted by Crippen LogP contribution is -2.38. The maximum atomic E-state index is 11.7. The average Bonchev–Trinajstić information content (AvgIpc) is 2.75. The lowest BCUT2D eigenvalue weighted by molar-refractivity contribution is -0.141. The number of carbonyl (C=O) groups excluding carboxylic acids is 2. The molecule has 1 N–H and O–H groups in total. The summed E-state index contributed by atoms with van der Waals surface area (Å²) in [6.07, 6.45) is 0.669. The van der Waals surface area contributed by atoms with Crippen molar-refractivity contribution in [1.82, 2.24) is 5.32 Å². The highest BCUT2D eigenvalue weighted by Gasteiger charge is 2.27. The van der Waals surface area contributed by atoms with E-state index in [4.69, 9.17) is 10.00 Å². The summed E-state index contributed by atoms with van der Waals surface area (Å²) in [5.41, 5.74) is 1.26. The van der Waals surface area contributed by atoms with Gasteiger partial charge in [-0.3, -0.25) is 4.79 Å². The number of hydrogen-bond donors (Lipinski definition) is 1. The molecule has 92 valence electrons. The van der Waals surface area contributed by atoms with E-state index in [1.54, 1.807) is 24.3 Å². The Morgan fingerprint density at radius 3 is 3.06 bits per heavy atom. The molecule has 1 saturated heterocycles. The van der Waals surface area contributed by atoms with E-state index >= 15 is 0 Å². The van der Waals surface area contributed by atoms with Crippen LogP contribution in [0.1, 0.15) is 17.5 Å². The van der Waals surface area contributed by atoms with E-state index in [0.29, 0.717) is 18.6 Å². The standard InChI is InChI=1S/C13H12N2O3/c14-8-10-3-1-2-9(6-10)7-12(16)15-11-4-5-18-13(11)17/h1-3,6,11H,4-5,7H2,(H,15,16)/t11-/m1/s1. The van der Waals surface area contributed by atoms with Gasteiger partial charge in [0.15, 0.2) is 0 Å². The minimum absolute atomic E-state index is 0.152. The zero-order valence-corrected chi connectivity index (χ0v) is 9.68. The fourth-order valence-electron chi connectivity index (χ4n) is 1.81. The van der Waals surface area contributed by atoms with Crippen LogP contribution in [0, 0.1) is 11.3 Å². The second kappa shape index (κ2) is 5.32. The Morgan fingerprint density at radius 2 is 2.39 bits per heavy atom. The number of carbonyl (C=O) groups is 2. The smallest absolute Gasteiger partial charge is 0.328 e. The van der Waals surface area contributed by atoms with Crippen molar-refractivity contribution >= 4 is 11.9 Å². The summed E-state index contributed by atoms with van der Waals surface area (Å²) < 4.78 is 4.76. The molecule has 0 aromatic heterocycles. The molecular weight excluding hydrogens is 232 g/mol. The molecule has 1 aliphatic rings. The topological polar surface area (TPSA) is 79.2 Å². The molecule has 1 amide bonds. The monoisotopic (exact) mass is 244 g/mol. The van der Waals surface area contributed by atoms with Gasteiger partial charge in [0.1, 0.15) is 6.04 Å². The first kappa shape index (κ1) is 12.1. The van der Waals surface area contributed by atoms with Crippen LogP contribution in [0.4, 0.5) is 0 Å². The fraction of sp³-hybridized carbons (Fsp3) is 0.308. The Morgan fingerprint density at radius 1 is 1.56 bits per heavy atom. The van der Waals surface area contributed by atoms with E-state index in [0.717, 1.165) is 5.56 Å². The van der Waals surface area contributed by atoms with Crippen LogP contribution in [0.5, 0.6) is 0 Å². The van der Waals surface area contributed by atoms with Gasteiger partial charge in [-0.15, -0.1) is 0 Å². The van der Waals surface area contributed by atoms with Crippen LogP contribution in [-0.2, 0) is 20.7 Å². The fourth-order valence-corrected chi connectivity index (χ4v) is 1.81. The normalized spacial score (nSPS) is 17.9. The number of amides is 1. The van der Waals surface area contributed by atoms with Crippen molar-refractivity contribution in [3.05, 3.63) is 35.4 Å². The summed E-state index contributed by atoms with van der Waals surface area (Å²) in [4.78, 5) is 22.9. The third kappa shape index (κ3) is 2.86. The highest BCUT2D eigenvalue weighted by atomic mass is 16.5. The zero-order chi connectivity index (χ0) is 13.0. The van der Waals surface area contributed by atoms with Crippen molar-refractivity contribution in [2.24, 2.45) is 0 Å². The van der Waals surface area contributed by atoms with E-state index in [-0.39, 0.29) is 18.3 Å². The summed E-state index contributed by atoms with van der Waals surface area (Å²) in [5.74, 6) is -0.622. The Hall–Kier alpha value is -2.35. The highest BCUT2D eigenvalue weighted by molar-refractivity contribution is 5.86. The van der Waals surface area contributed by atoms with Crippen LogP contribution in [0.2, 0.25) is 0 Å². The summed E-state index contributed by atoms with van der Waals surface area (Å²) in [6, 6.07) is 8.32. The second-order valence-electron chi connectivity index (χ2n) is 4.07. The minimum atomic E-state index is -0.531. The van der Waals surface area contributed by atoms with E-state index in [9.17, 15) is 9.59 Å². The van der Waals surface area contributed by atoms with Gasteiger partial charge in [-0.05, 0) is 17.7 Å². The van der Waals surface area contributed by atoms with Gasteiger partial charge in [0, 0.05) is 6.42 Å². The summed E-state index contributed by atoms with van der Waals surface area (Å²) in [7, 11) is 0. The van der Waals surface area contributed by atoms with Crippen molar-refractivity contribution in [3.63, 3.8) is 0 Å². The van der Waals surface area contributed by atoms with Crippen molar-refractivity contribution in [2.45, 2.75) is 18.9 Å². The Balaban J connectivity index is 1.94. The van der Waals surface area contributed by atoms with Crippen LogP contribution in [0.25, 0.3) is 0 Å². The molecule has 0 radical (unpaired) electrons. The Kier molecular flexibility index (Phi) is 3.58. The number of nitrogens with one attached hydrogen (secondary N) is 1. The highest BCUT2D eigenvalue weighted by Crippen LogP contribution is 2.08. The van der Waals surface area contributed by atoms with Crippen LogP contribution in [0.3, 0.4) is 0 Å². The number of hydrogen-bond acceptors (Lipinski definition) is 4. The third-order valence-corrected chi connectivity index (χ3v) is 2.69. The van der Waals surface area contributed by atoms with Crippen LogP contribution in [0.15, 0.2) is 24.3 Å². The SMILES string of the molecule is N#Cc1cccc(CC(=O)N[C@@H]2CCOC2=O)c1. The molecule has 1 aliphatic heterocycles. The van der Waals surface area contributed by atoms with E-state index in [1.807, 2.05) is 6.07 Å². The lowest BCUT2D eigenvalue weighted by Gasteiger charge is -2.08. The van der Waals surface area contributed by atoms with E-state index in [1.165, 1.54) is 0 Å². The first-order chi connectivity index (χ1) is 8.69. The minimum Gasteiger partial charge on any atom is -0.464 e. The van der Waals surface area contributed by atoms with Gasteiger partial charge >= 0.3 is 5.97 Å². The molecule has 5 nitrogen and oxygen atoms in total. The Bertz CT molecular complexity index is 519. The Labute approximate surface area is 104 Å². The molecule has 1 heterocycles. The molecule has 0 saturated carbocycles. The molecule has 0 spiro atoms. The number of ether oxygens (including phenoxy) is 1. The van der Waals surface area contributed by atoms with Gasteiger partial charge in [-0.2, -0.15) is 5.26 Å². The maximum absolute atomic E-state index is 11.7. The third-order valence-electron chi connectivity index (χ3n) is 2.69. The predicted molar refractivity (Wildman–Crippen MR) is 62.4 cm³/mol. The van der Waals surface area contributed by atoms with Gasteiger partial charge in [-0.1, -0.05) is 12.1 Å². The number of nitriles is 1. The second-order valence-corrected chi connectivity index (χ2v) is 4.07. The van der Waals surface area contributed by atoms with Gasteiger partial charge in [0.05, 0.1) is 24.7 Å². The molecule has 1 aromatic carbocycles. The first-order valence-electron chi connectivity index (χ1n) is 5.64. The van der Waals surface area contributed by atoms with Gasteiger partial charge < -0.3 is 10.1 Å². The van der Waals surface area contributed by atoms with Crippen molar-refractivity contribution in [1.29, 1.82) is 5.26 Å². The summed E-state index contributed by atoms with van der Waals surface area (Å²) in [6.45, 7) is 0.355. The largest absolute Gasteiger partial charge is 0.464 e. The van der Waals surface area contributed by atoms with Crippen molar-refractivity contribution in [3.8, 4) is 6.07 Å². The van der Waals surface area contributed by atoms with Crippen LogP contribution < -0.4 is 5.32 Å². The molecule has 1 fully saturated rings. The molecule has 0 unspecified atom stereocenters. The van der Waals surface area contributed by atoms with Crippen molar-refractivity contribution < 1.29 is 14.3 Å². The molecular formula is C13H12N2O3. The van der Waals surface area contributed by atoms with E-state index in [2.05, 4.69) is 5.32 Å². The molecule has 2 rings (SSSR count). The molecule has 1 aromatic rings. The molecule has 0 bridgehead atoms. The number of cyclic esters (lactones) is 1. The van der Waals surface area contributed by atoms with Gasteiger partial charge in [-0.25, -0.2) is 4.79 Å². The summed E-state index contributed by atoms with van der Waals surface area (Å²) >= 11 is 0. The number of nitrogens with zero attached hydrogens (tertiary/aromatic N) is 1. The quantitative estimate of drug-likeness (QED) is 0.787. The van der Waals surface area contributed by atoms with Crippen LogP contribution in [-0.4, -0.2) is 24.5 Å². The van der Waals surface area contributed by atoms with Crippen molar-refractivity contribution in [2.75, 3.05) is 6.61 Å². The number of benzene rings is 1. The van der Waals surface area contributed by atoms with Gasteiger partial charge in [0.2, 0.25) is 5.91 Å². The van der Waals surface area contributed by atoms with E-state index < -0.39 is 6.04 Å². The lowest BCUT2D eigenvalue weighted by atomic mass is 10.1. The zero-order valence-electron chi connectivity index (χ0n) is 9.68. The molecule has 18 heavy (non-hydrogen) atoms.